The zero-order valence-corrected chi connectivity index (χ0v) is 14.7. The number of carbonyl (C=O) groups is 2. The number of thioether (sulfide) groups is 2. The first-order valence-electron chi connectivity index (χ1n) is 6.42. The Balaban J connectivity index is 2.65. The van der Waals surface area contributed by atoms with Crippen LogP contribution in [0.15, 0.2) is 10.2 Å². The number of ether oxygens (including phenoxy) is 2. The van der Waals surface area contributed by atoms with Gasteiger partial charge >= 0.3 is 11.9 Å². The second-order valence-electron chi connectivity index (χ2n) is 4.39. The molecule has 0 atom stereocenters. The lowest BCUT2D eigenvalue weighted by atomic mass is 10.3. The second-order valence-corrected chi connectivity index (χ2v) is 6.13. The molecule has 0 fully saturated rings. The smallest absolute Gasteiger partial charge is 0.356 e. The SMILES string of the molecule is COC(=O)CSc1nc(SC)nc2c1c(N)c(C(=O)OC)n2C. The van der Waals surface area contributed by atoms with Gasteiger partial charge in [0.2, 0.25) is 0 Å². The highest BCUT2D eigenvalue weighted by molar-refractivity contribution is 8.00. The Hall–Kier alpha value is -1.94. The molecule has 8 nitrogen and oxygen atoms in total. The van der Waals surface area contributed by atoms with Crippen molar-refractivity contribution in [2.24, 2.45) is 7.05 Å². The number of aromatic nitrogens is 3. The van der Waals surface area contributed by atoms with Crippen LogP contribution in [0.3, 0.4) is 0 Å². The van der Waals surface area contributed by atoms with Gasteiger partial charge in [0.15, 0.2) is 10.9 Å². The third-order valence-corrected chi connectivity index (χ3v) is 4.63. The minimum atomic E-state index is -0.558. The fourth-order valence-electron chi connectivity index (χ4n) is 2.02. The highest BCUT2D eigenvalue weighted by atomic mass is 32.2. The van der Waals surface area contributed by atoms with Gasteiger partial charge < -0.3 is 19.8 Å². The standard InChI is InChI=1S/C13H16N4O4S2/c1-17-9(12(19)21-3)8(14)7-10(17)15-13(22-4)16-11(7)23-5-6(18)20-2/h5,14H2,1-4H3. The van der Waals surface area contributed by atoms with E-state index in [-0.39, 0.29) is 23.1 Å². The molecule has 23 heavy (non-hydrogen) atoms. The summed E-state index contributed by atoms with van der Waals surface area (Å²) in [6.45, 7) is 0. The molecule has 0 bridgehead atoms. The number of aryl methyl sites for hydroxylation is 1. The zero-order valence-electron chi connectivity index (χ0n) is 13.1. The first kappa shape index (κ1) is 17.4. The molecule has 2 aromatic heterocycles. The minimum absolute atomic E-state index is 0.0817. The Bertz CT molecular complexity index is 775. The molecule has 0 aliphatic rings. The molecule has 2 rings (SSSR count). The molecule has 2 heterocycles. The fourth-order valence-corrected chi connectivity index (χ4v) is 3.31. The fraction of sp³-hybridized carbons (Fsp3) is 0.385. The molecule has 0 unspecified atom stereocenters. The first-order chi connectivity index (χ1) is 10.9. The number of hydrogen-bond donors (Lipinski definition) is 1. The van der Waals surface area contributed by atoms with Crippen LogP contribution in [0.5, 0.6) is 0 Å². The molecule has 0 amide bonds. The number of nitrogen functional groups attached to an aromatic ring is 1. The Labute approximate surface area is 141 Å². The first-order valence-corrected chi connectivity index (χ1v) is 8.63. The number of esters is 2. The Morgan fingerprint density at radius 2 is 1.96 bits per heavy atom. The number of anilines is 1. The van der Waals surface area contributed by atoms with Crippen molar-refractivity contribution in [3.05, 3.63) is 5.69 Å². The van der Waals surface area contributed by atoms with E-state index in [1.807, 2.05) is 6.26 Å². The van der Waals surface area contributed by atoms with Crippen molar-refractivity contribution in [3.8, 4) is 0 Å². The highest BCUT2D eigenvalue weighted by Gasteiger charge is 2.24. The van der Waals surface area contributed by atoms with Crippen LogP contribution in [0.2, 0.25) is 0 Å². The Morgan fingerprint density at radius 3 is 2.52 bits per heavy atom. The molecule has 0 aromatic carbocycles. The normalized spacial score (nSPS) is 10.8. The summed E-state index contributed by atoms with van der Waals surface area (Å²) >= 11 is 2.54. The zero-order chi connectivity index (χ0) is 17.1. The van der Waals surface area contributed by atoms with E-state index in [9.17, 15) is 9.59 Å². The van der Waals surface area contributed by atoms with E-state index < -0.39 is 5.97 Å². The monoisotopic (exact) mass is 356 g/mol. The number of rotatable bonds is 5. The molecule has 0 saturated heterocycles. The van der Waals surface area contributed by atoms with Crippen LogP contribution in [0.25, 0.3) is 11.0 Å². The summed E-state index contributed by atoms with van der Waals surface area (Å²) in [7, 11) is 4.28. The molecule has 2 N–H and O–H groups in total. The van der Waals surface area contributed by atoms with Gasteiger partial charge in [0.05, 0.1) is 31.0 Å². The van der Waals surface area contributed by atoms with Gasteiger partial charge in [-0.3, -0.25) is 4.79 Å². The Kier molecular flexibility index (Phi) is 5.37. The summed E-state index contributed by atoms with van der Waals surface area (Å²) in [6, 6.07) is 0. The van der Waals surface area contributed by atoms with Crippen LogP contribution in [0.4, 0.5) is 5.69 Å². The molecular formula is C13H16N4O4S2. The maximum atomic E-state index is 11.9. The number of methoxy groups -OCH3 is 2. The van der Waals surface area contributed by atoms with Gasteiger partial charge in [-0.1, -0.05) is 23.5 Å². The number of nitrogens with two attached hydrogens (primary N) is 1. The lowest BCUT2D eigenvalue weighted by Gasteiger charge is -2.05. The summed E-state index contributed by atoms with van der Waals surface area (Å²) in [4.78, 5) is 32.1. The van der Waals surface area contributed by atoms with Gasteiger partial charge in [-0.2, -0.15) is 0 Å². The highest BCUT2D eigenvalue weighted by Crippen LogP contribution is 2.35. The largest absolute Gasteiger partial charge is 0.468 e. The topological polar surface area (TPSA) is 109 Å². The number of hydrogen-bond acceptors (Lipinski definition) is 9. The number of carbonyl (C=O) groups excluding carboxylic acids is 2. The van der Waals surface area contributed by atoms with Crippen molar-refractivity contribution < 1.29 is 19.1 Å². The molecule has 0 saturated carbocycles. The van der Waals surface area contributed by atoms with E-state index in [0.717, 1.165) is 0 Å². The van der Waals surface area contributed by atoms with Crippen LogP contribution >= 0.6 is 23.5 Å². The van der Waals surface area contributed by atoms with Crippen LogP contribution in [0.1, 0.15) is 10.5 Å². The summed E-state index contributed by atoms with van der Waals surface area (Å²) < 4.78 is 11.0. The predicted molar refractivity (Wildman–Crippen MR) is 88.8 cm³/mol. The lowest BCUT2D eigenvalue weighted by molar-refractivity contribution is -0.137. The van der Waals surface area contributed by atoms with E-state index in [1.165, 1.54) is 37.7 Å². The third-order valence-electron chi connectivity index (χ3n) is 3.13. The molecular weight excluding hydrogens is 340 g/mol. The number of fused-ring (bicyclic) bond motifs is 1. The third kappa shape index (κ3) is 3.22. The predicted octanol–water partition coefficient (Wildman–Crippen LogP) is 1.32. The van der Waals surface area contributed by atoms with Gasteiger partial charge in [-0.05, 0) is 6.26 Å². The van der Waals surface area contributed by atoms with E-state index in [2.05, 4.69) is 14.7 Å². The quantitative estimate of drug-likeness (QED) is 0.367. The summed E-state index contributed by atoms with van der Waals surface area (Å²) in [5, 5.41) is 1.56. The van der Waals surface area contributed by atoms with Gasteiger partial charge in [0.25, 0.3) is 0 Å². The molecule has 10 heteroatoms. The molecule has 2 aromatic rings. The van der Waals surface area contributed by atoms with Crippen molar-refractivity contribution in [3.63, 3.8) is 0 Å². The lowest BCUT2D eigenvalue weighted by Crippen LogP contribution is -2.10. The van der Waals surface area contributed by atoms with Gasteiger partial charge in [-0.15, -0.1) is 0 Å². The van der Waals surface area contributed by atoms with Crippen molar-refractivity contribution in [1.29, 1.82) is 0 Å². The molecule has 0 spiro atoms. The minimum Gasteiger partial charge on any atom is -0.468 e. The molecule has 0 aliphatic heterocycles. The summed E-state index contributed by atoms with van der Waals surface area (Å²) in [5.41, 5.74) is 7.05. The van der Waals surface area contributed by atoms with Crippen molar-refractivity contribution in [2.75, 3.05) is 32.0 Å². The average molecular weight is 356 g/mol. The maximum Gasteiger partial charge on any atom is 0.356 e. The summed E-state index contributed by atoms with van der Waals surface area (Å²) in [5.74, 6) is -0.856. The van der Waals surface area contributed by atoms with Crippen LogP contribution in [-0.4, -0.2) is 52.7 Å². The van der Waals surface area contributed by atoms with Gasteiger partial charge in [0, 0.05) is 7.05 Å². The summed E-state index contributed by atoms with van der Waals surface area (Å²) in [6.07, 6.45) is 1.84. The van der Waals surface area contributed by atoms with Crippen molar-refractivity contribution in [1.82, 2.24) is 14.5 Å². The number of nitrogens with zero attached hydrogens (tertiary/aromatic N) is 3. The van der Waals surface area contributed by atoms with E-state index >= 15 is 0 Å². The van der Waals surface area contributed by atoms with Crippen LogP contribution < -0.4 is 5.73 Å². The van der Waals surface area contributed by atoms with Gasteiger partial charge in [-0.25, -0.2) is 14.8 Å². The van der Waals surface area contributed by atoms with Crippen molar-refractivity contribution in [2.45, 2.75) is 10.2 Å². The molecule has 124 valence electrons. The van der Waals surface area contributed by atoms with E-state index in [4.69, 9.17) is 10.5 Å². The molecule has 0 radical (unpaired) electrons. The van der Waals surface area contributed by atoms with Crippen molar-refractivity contribution >= 4 is 52.2 Å². The second kappa shape index (κ2) is 7.09. The van der Waals surface area contributed by atoms with Crippen LogP contribution in [-0.2, 0) is 21.3 Å². The van der Waals surface area contributed by atoms with E-state index in [1.54, 1.807) is 11.6 Å². The van der Waals surface area contributed by atoms with Crippen LogP contribution in [0, 0.1) is 0 Å². The average Bonchev–Trinajstić information content (AvgIpc) is 2.82. The Morgan fingerprint density at radius 1 is 1.26 bits per heavy atom. The molecule has 0 aliphatic carbocycles. The maximum absolute atomic E-state index is 11.9. The van der Waals surface area contributed by atoms with Gasteiger partial charge in [0.1, 0.15) is 10.7 Å². The van der Waals surface area contributed by atoms with E-state index in [0.29, 0.717) is 21.2 Å².